The molecule has 82 valence electrons. The second-order valence-electron chi connectivity index (χ2n) is 4.64. The second-order valence-corrected chi connectivity index (χ2v) is 4.64. The fraction of sp³-hybridized carbons (Fsp3) is 0.538. The Kier molecular flexibility index (Phi) is 3.08. The maximum Gasteiger partial charge on any atom is 0.0338 e. The fourth-order valence-electron chi connectivity index (χ4n) is 2.44. The highest BCUT2D eigenvalue weighted by atomic mass is 14.9. The Morgan fingerprint density at radius 2 is 2.20 bits per heavy atom. The molecule has 1 fully saturated rings. The number of rotatable bonds is 2. The molecule has 1 aromatic carbocycles. The number of hydrogen-bond acceptors (Lipinski definition) is 2. The predicted molar refractivity (Wildman–Crippen MR) is 63.8 cm³/mol. The average molecular weight is 204 g/mol. The summed E-state index contributed by atoms with van der Waals surface area (Å²) in [6.45, 7) is 6.46. The lowest BCUT2D eigenvalue weighted by atomic mass is 9.90. The number of nitrogens with two attached hydrogens (primary N) is 1. The molecule has 2 nitrogen and oxygen atoms in total. The highest BCUT2D eigenvalue weighted by Crippen LogP contribution is 2.27. The van der Waals surface area contributed by atoms with Gasteiger partial charge in [-0.1, -0.05) is 23.8 Å². The zero-order valence-corrected chi connectivity index (χ0v) is 9.59. The van der Waals surface area contributed by atoms with Crippen LogP contribution in [0, 0.1) is 19.8 Å². The zero-order valence-electron chi connectivity index (χ0n) is 9.59. The maximum atomic E-state index is 6.31. The van der Waals surface area contributed by atoms with Crippen molar-refractivity contribution in [2.75, 3.05) is 13.1 Å². The molecule has 1 heterocycles. The summed E-state index contributed by atoms with van der Waals surface area (Å²) in [7, 11) is 0. The highest BCUT2D eigenvalue weighted by Gasteiger charge is 2.23. The van der Waals surface area contributed by atoms with Crippen molar-refractivity contribution in [3.05, 3.63) is 34.9 Å². The van der Waals surface area contributed by atoms with Crippen LogP contribution in [0.15, 0.2) is 18.2 Å². The van der Waals surface area contributed by atoms with Crippen LogP contribution in [-0.4, -0.2) is 13.1 Å². The lowest BCUT2D eigenvalue weighted by Crippen LogP contribution is -2.24. The molecule has 2 unspecified atom stereocenters. The van der Waals surface area contributed by atoms with Gasteiger partial charge in [-0.3, -0.25) is 0 Å². The first-order chi connectivity index (χ1) is 7.18. The fourth-order valence-corrected chi connectivity index (χ4v) is 2.44. The minimum absolute atomic E-state index is 0.195. The molecule has 1 saturated heterocycles. The van der Waals surface area contributed by atoms with E-state index in [9.17, 15) is 0 Å². The van der Waals surface area contributed by atoms with Gasteiger partial charge in [-0.25, -0.2) is 0 Å². The maximum absolute atomic E-state index is 6.31. The summed E-state index contributed by atoms with van der Waals surface area (Å²) in [6, 6.07) is 6.76. The lowest BCUT2D eigenvalue weighted by Gasteiger charge is -2.20. The first-order valence-electron chi connectivity index (χ1n) is 5.72. The molecular weight excluding hydrogens is 184 g/mol. The monoisotopic (exact) mass is 204 g/mol. The topological polar surface area (TPSA) is 38.0 Å². The summed E-state index contributed by atoms with van der Waals surface area (Å²) in [4.78, 5) is 0. The van der Waals surface area contributed by atoms with Crippen molar-refractivity contribution in [1.29, 1.82) is 0 Å². The van der Waals surface area contributed by atoms with Gasteiger partial charge in [-0.15, -0.1) is 0 Å². The number of aryl methyl sites for hydroxylation is 2. The van der Waals surface area contributed by atoms with Gasteiger partial charge in [-0.2, -0.15) is 0 Å². The van der Waals surface area contributed by atoms with Gasteiger partial charge in [-0.05, 0) is 50.4 Å². The Hall–Kier alpha value is -0.860. The van der Waals surface area contributed by atoms with Crippen LogP contribution in [0.4, 0.5) is 0 Å². The summed E-state index contributed by atoms with van der Waals surface area (Å²) < 4.78 is 0. The Balaban J connectivity index is 2.20. The van der Waals surface area contributed by atoms with Crippen LogP contribution in [0.2, 0.25) is 0 Å². The predicted octanol–water partition coefficient (Wildman–Crippen LogP) is 1.91. The van der Waals surface area contributed by atoms with Crippen molar-refractivity contribution >= 4 is 0 Å². The Labute approximate surface area is 91.9 Å². The SMILES string of the molecule is Cc1ccc(C(N)C2CCNC2)c(C)c1. The third-order valence-corrected chi connectivity index (χ3v) is 3.39. The molecule has 2 rings (SSSR count). The van der Waals surface area contributed by atoms with Crippen molar-refractivity contribution in [3.8, 4) is 0 Å². The van der Waals surface area contributed by atoms with E-state index in [2.05, 4.69) is 37.4 Å². The smallest absolute Gasteiger partial charge is 0.0338 e. The van der Waals surface area contributed by atoms with E-state index in [1.165, 1.54) is 23.1 Å². The molecule has 1 aromatic rings. The van der Waals surface area contributed by atoms with Crippen LogP contribution < -0.4 is 11.1 Å². The summed E-state index contributed by atoms with van der Waals surface area (Å²) in [5.41, 5.74) is 10.3. The molecule has 1 aliphatic rings. The second kappa shape index (κ2) is 4.33. The normalized spacial score (nSPS) is 23.0. The Bertz CT molecular complexity index is 340. The van der Waals surface area contributed by atoms with Gasteiger partial charge in [0.1, 0.15) is 0 Å². The van der Waals surface area contributed by atoms with Gasteiger partial charge in [0, 0.05) is 6.04 Å². The molecule has 0 spiro atoms. The quantitative estimate of drug-likeness (QED) is 0.772. The molecule has 0 bridgehead atoms. The molecule has 0 radical (unpaired) electrons. The number of nitrogens with one attached hydrogen (secondary N) is 1. The number of hydrogen-bond donors (Lipinski definition) is 2. The molecule has 0 aromatic heterocycles. The highest BCUT2D eigenvalue weighted by molar-refractivity contribution is 5.33. The van der Waals surface area contributed by atoms with Gasteiger partial charge >= 0.3 is 0 Å². The summed E-state index contributed by atoms with van der Waals surface area (Å²) in [5, 5.41) is 3.37. The third kappa shape index (κ3) is 2.21. The summed E-state index contributed by atoms with van der Waals surface area (Å²) in [5.74, 6) is 0.603. The Morgan fingerprint density at radius 1 is 1.40 bits per heavy atom. The van der Waals surface area contributed by atoms with E-state index in [-0.39, 0.29) is 6.04 Å². The van der Waals surface area contributed by atoms with Crippen molar-refractivity contribution in [1.82, 2.24) is 5.32 Å². The van der Waals surface area contributed by atoms with Crippen LogP contribution in [0.1, 0.15) is 29.2 Å². The molecule has 2 atom stereocenters. The molecule has 0 saturated carbocycles. The minimum Gasteiger partial charge on any atom is -0.324 e. The van der Waals surface area contributed by atoms with E-state index in [0.29, 0.717) is 5.92 Å². The van der Waals surface area contributed by atoms with Crippen molar-refractivity contribution in [2.45, 2.75) is 26.3 Å². The summed E-state index contributed by atoms with van der Waals surface area (Å²) in [6.07, 6.45) is 1.20. The van der Waals surface area contributed by atoms with Crippen LogP contribution in [-0.2, 0) is 0 Å². The van der Waals surface area contributed by atoms with Crippen molar-refractivity contribution in [3.63, 3.8) is 0 Å². The largest absolute Gasteiger partial charge is 0.324 e. The van der Waals surface area contributed by atoms with Crippen LogP contribution in [0.25, 0.3) is 0 Å². The molecular formula is C13H20N2. The van der Waals surface area contributed by atoms with Crippen molar-refractivity contribution < 1.29 is 0 Å². The molecule has 0 aliphatic carbocycles. The van der Waals surface area contributed by atoms with Crippen molar-refractivity contribution in [2.24, 2.45) is 11.7 Å². The standard InChI is InChI=1S/C13H20N2/c1-9-3-4-12(10(2)7-9)13(14)11-5-6-15-8-11/h3-4,7,11,13,15H,5-6,8,14H2,1-2H3. The molecule has 0 amide bonds. The van der Waals surface area contributed by atoms with E-state index >= 15 is 0 Å². The van der Waals surface area contributed by atoms with E-state index in [4.69, 9.17) is 5.73 Å². The van der Waals surface area contributed by atoms with Crippen LogP contribution in [0.3, 0.4) is 0 Å². The number of benzene rings is 1. The van der Waals surface area contributed by atoms with E-state index < -0.39 is 0 Å². The van der Waals surface area contributed by atoms with Crippen LogP contribution in [0.5, 0.6) is 0 Å². The van der Waals surface area contributed by atoms with E-state index in [0.717, 1.165) is 13.1 Å². The van der Waals surface area contributed by atoms with E-state index in [1.54, 1.807) is 0 Å². The first-order valence-corrected chi connectivity index (χ1v) is 5.72. The average Bonchev–Trinajstić information content (AvgIpc) is 2.69. The first kappa shape index (κ1) is 10.7. The minimum atomic E-state index is 0.195. The van der Waals surface area contributed by atoms with E-state index in [1.807, 2.05) is 0 Å². The zero-order chi connectivity index (χ0) is 10.8. The Morgan fingerprint density at radius 3 is 2.80 bits per heavy atom. The lowest BCUT2D eigenvalue weighted by molar-refractivity contribution is 0.468. The third-order valence-electron chi connectivity index (χ3n) is 3.39. The van der Waals surface area contributed by atoms with Gasteiger partial charge in [0.2, 0.25) is 0 Å². The van der Waals surface area contributed by atoms with Gasteiger partial charge in [0.25, 0.3) is 0 Å². The van der Waals surface area contributed by atoms with Gasteiger partial charge < -0.3 is 11.1 Å². The van der Waals surface area contributed by atoms with Gasteiger partial charge in [0.15, 0.2) is 0 Å². The molecule has 3 N–H and O–H groups in total. The van der Waals surface area contributed by atoms with Gasteiger partial charge in [0.05, 0.1) is 0 Å². The molecule has 1 aliphatic heterocycles. The summed E-state index contributed by atoms with van der Waals surface area (Å²) >= 11 is 0. The molecule has 2 heteroatoms. The van der Waals surface area contributed by atoms with Crippen LogP contribution >= 0.6 is 0 Å². The molecule has 15 heavy (non-hydrogen) atoms.